The fourth-order valence-electron chi connectivity index (χ4n) is 9.35. The summed E-state index contributed by atoms with van der Waals surface area (Å²) in [6, 6.07) is 58.0. The highest BCUT2D eigenvalue weighted by atomic mass is 16.5. The van der Waals surface area contributed by atoms with Crippen LogP contribution in [0.2, 0.25) is 0 Å². The van der Waals surface area contributed by atoms with Gasteiger partial charge in [-0.15, -0.1) is 0 Å². The Bertz CT molecular complexity index is 3360. The van der Waals surface area contributed by atoms with Crippen molar-refractivity contribution in [2.75, 3.05) is 0 Å². The molecule has 54 heavy (non-hydrogen) atoms. The lowest BCUT2D eigenvalue weighted by atomic mass is 9.34. The number of para-hydroxylation sites is 5. The number of ether oxygens (including phenoxy) is 2. The summed E-state index contributed by atoms with van der Waals surface area (Å²) in [7, 11) is 0. The van der Waals surface area contributed by atoms with Crippen LogP contribution in [0.25, 0.3) is 76.9 Å². The molecule has 0 fully saturated rings. The zero-order valence-electron chi connectivity index (χ0n) is 28.8. The Labute approximate surface area is 308 Å². The zero-order chi connectivity index (χ0) is 35.1. The van der Waals surface area contributed by atoms with Crippen molar-refractivity contribution in [2.45, 2.75) is 0 Å². The van der Waals surface area contributed by atoms with Crippen molar-refractivity contribution in [1.82, 2.24) is 9.13 Å². The van der Waals surface area contributed by atoms with Gasteiger partial charge in [0, 0.05) is 67.7 Å². The van der Waals surface area contributed by atoms with E-state index in [9.17, 15) is 0 Å². The van der Waals surface area contributed by atoms with Crippen LogP contribution in [0.5, 0.6) is 23.0 Å². The SMILES string of the molecule is c1ccc(-n2c3ccccc3c3cc4c(cc32)Oc2cc(-n3c5ccccc5c5ccccc53)cc3c2B4c2cc4c(cc2O3)oc2ccccc24)cc1. The summed E-state index contributed by atoms with van der Waals surface area (Å²) >= 11 is 0. The van der Waals surface area contributed by atoms with E-state index in [0.29, 0.717) is 0 Å². The van der Waals surface area contributed by atoms with Crippen LogP contribution in [0.1, 0.15) is 0 Å². The minimum Gasteiger partial charge on any atom is -0.458 e. The van der Waals surface area contributed by atoms with E-state index < -0.39 is 0 Å². The highest BCUT2D eigenvalue weighted by molar-refractivity contribution is 6.98. The van der Waals surface area contributed by atoms with E-state index in [4.69, 9.17) is 13.9 Å². The number of nitrogens with zero attached hydrogens (tertiary/aromatic N) is 2. The lowest BCUT2D eigenvalue weighted by Gasteiger charge is -2.33. The molecule has 0 spiro atoms. The molecule has 0 bridgehead atoms. The maximum absolute atomic E-state index is 7.11. The third-order valence-electron chi connectivity index (χ3n) is 11.6. The second-order valence-corrected chi connectivity index (χ2v) is 14.4. The summed E-state index contributed by atoms with van der Waals surface area (Å²) in [5, 5.41) is 6.98. The van der Waals surface area contributed by atoms with E-state index in [1.807, 2.05) is 12.1 Å². The summed E-state index contributed by atoms with van der Waals surface area (Å²) in [5.41, 5.74) is 11.6. The largest absolute Gasteiger partial charge is 0.458 e. The van der Waals surface area contributed by atoms with Crippen LogP contribution in [0.4, 0.5) is 0 Å². The molecule has 0 atom stereocenters. The Morgan fingerprint density at radius 3 is 1.54 bits per heavy atom. The predicted molar refractivity (Wildman–Crippen MR) is 220 cm³/mol. The first-order chi connectivity index (χ1) is 26.8. The van der Waals surface area contributed by atoms with Crippen LogP contribution < -0.4 is 25.9 Å². The molecule has 0 aliphatic carbocycles. The average Bonchev–Trinajstić information content (AvgIpc) is 3.86. The fraction of sp³-hybridized carbons (Fsp3) is 0. The fourth-order valence-corrected chi connectivity index (χ4v) is 9.35. The molecule has 11 aromatic rings. The first kappa shape index (κ1) is 28.4. The summed E-state index contributed by atoms with van der Waals surface area (Å²) in [6.07, 6.45) is 0. The summed E-state index contributed by atoms with van der Waals surface area (Å²) in [5.74, 6) is 3.22. The minimum atomic E-state index is -0.129. The molecule has 0 radical (unpaired) electrons. The molecule has 0 unspecified atom stereocenters. The standard InChI is InChI=1S/C48H27BN2O3/c1-2-12-28(13-3-1)50-40-20-10-6-16-32(40)34-24-36-44(26-41(34)50)53-46-22-29(51-38-18-8-4-14-30(38)31-15-5-9-19-39(31)51)23-47-48(46)49(36)37-25-35-33-17-7-11-21-42(33)52-43(35)27-45(37)54-47/h1-27H. The molecule has 0 amide bonds. The summed E-state index contributed by atoms with van der Waals surface area (Å²) < 4.78 is 25.2. The predicted octanol–water partition coefficient (Wildman–Crippen LogP) is 10.5. The number of hydrogen-bond acceptors (Lipinski definition) is 3. The third kappa shape index (κ3) is 3.69. The Morgan fingerprint density at radius 2 is 0.870 bits per heavy atom. The molecule has 0 saturated heterocycles. The summed E-state index contributed by atoms with van der Waals surface area (Å²) in [6.45, 7) is -0.129. The number of fused-ring (bicyclic) bond motifs is 13. The van der Waals surface area contributed by atoms with Crippen molar-refractivity contribution < 1.29 is 13.9 Å². The first-order valence-corrected chi connectivity index (χ1v) is 18.4. The van der Waals surface area contributed by atoms with Gasteiger partial charge in [0.05, 0.1) is 27.8 Å². The normalized spacial score (nSPS) is 13.1. The van der Waals surface area contributed by atoms with Gasteiger partial charge in [-0.05, 0) is 47.3 Å². The van der Waals surface area contributed by atoms with Gasteiger partial charge in [-0.2, -0.15) is 0 Å². The summed E-state index contributed by atoms with van der Waals surface area (Å²) in [4.78, 5) is 0. The first-order valence-electron chi connectivity index (χ1n) is 18.4. The van der Waals surface area contributed by atoms with Gasteiger partial charge in [0.15, 0.2) is 0 Å². The molecule has 0 N–H and O–H groups in total. The molecule has 0 saturated carbocycles. The second kappa shape index (κ2) is 10.2. The van der Waals surface area contributed by atoms with Crippen molar-refractivity contribution in [3.63, 3.8) is 0 Å². The van der Waals surface area contributed by atoms with Gasteiger partial charge in [0.1, 0.15) is 34.2 Å². The van der Waals surface area contributed by atoms with E-state index in [-0.39, 0.29) is 6.71 Å². The van der Waals surface area contributed by atoms with E-state index in [2.05, 4.69) is 161 Å². The maximum atomic E-state index is 7.11. The van der Waals surface area contributed by atoms with Gasteiger partial charge in [0.2, 0.25) is 0 Å². The molecular formula is C48H27BN2O3. The van der Waals surface area contributed by atoms with Crippen molar-refractivity contribution in [1.29, 1.82) is 0 Å². The van der Waals surface area contributed by atoms with Crippen LogP contribution >= 0.6 is 0 Å². The van der Waals surface area contributed by atoms with E-state index in [0.717, 1.165) is 94.8 Å². The lowest BCUT2D eigenvalue weighted by molar-refractivity contribution is 0.464. The Balaban J connectivity index is 1.13. The highest BCUT2D eigenvalue weighted by Crippen LogP contribution is 2.43. The maximum Gasteiger partial charge on any atom is 0.260 e. The second-order valence-electron chi connectivity index (χ2n) is 14.4. The third-order valence-corrected chi connectivity index (χ3v) is 11.6. The molecule has 250 valence electrons. The zero-order valence-corrected chi connectivity index (χ0v) is 28.8. The molecule has 8 aromatic carbocycles. The van der Waals surface area contributed by atoms with Gasteiger partial charge in [-0.3, -0.25) is 0 Å². The highest BCUT2D eigenvalue weighted by Gasteiger charge is 2.42. The minimum absolute atomic E-state index is 0.129. The molecule has 5 nitrogen and oxygen atoms in total. The van der Waals surface area contributed by atoms with Crippen molar-refractivity contribution in [3.05, 3.63) is 164 Å². The van der Waals surface area contributed by atoms with E-state index >= 15 is 0 Å². The van der Waals surface area contributed by atoms with Gasteiger partial charge < -0.3 is 23.0 Å². The topological polar surface area (TPSA) is 41.5 Å². The lowest BCUT2D eigenvalue weighted by Crippen LogP contribution is -2.57. The van der Waals surface area contributed by atoms with Gasteiger partial charge in [-0.25, -0.2) is 0 Å². The molecule has 5 heterocycles. The number of hydrogen-bond donors (Lipinski definition) is 0. The van der Waals surface area contributed by atoms with E-state index in [1.165, 1.54) is 21.5 Å². The molecule has 13 rings (SSSR count). The Hall–Kier alpha value is -7.18. The van der Waals surface area contributed by atoms with Crippen LogP contribution in [0.3, 0.4) is 0 Å². The van der Waals surface area contributed by atoms with Gasteiger partial charge in [-0.1, -0.05) is 103 Å². The van der Waals surface area contributed by atoms with Crippen molar-refractivity contribution in [2.24, 2.45) is 0 Å². The van der Waals surface area contributed by atoms with Gasteiger partial charge in [0.25, 0.3) is 6.71 Å². The Morgan fingerprint density at radius 1 is 0.352 bits per heavy atom. The smallest absolute Gasteiger partial charge is 0.260 e. The van der Waals surface area contributed by atoms with Crippen LogP contribution in [-0.2, 0) is 0 Å². The number of furan rings is 1. The van der Waals surface area contributed by atoms with Crippen LogP contribution in [0, 0.1) is 0 Å². The average molecular weight is 691 g/mol. The Kier molecular flexibility index (Phi) is 5.39. The van der Waals surface area contributed by atoms with Crippen LogP contribution in [-0.4, -0.2) is 15.8 Å². The number of aromatic nitrogens is 2. The molecule has 2 aliphatic rings. The number of rotatable bonds is 2. The quantitative estimate of drug-likeness (QED) is 0.170. The molecule has 3 aromatic heterocycles. The molecule has 2 aliphatic heterocycles. The van der Waals surface area contributed by atoms with Crippen molar-refractivity contribution in [3.8, 4) is 34.4 Å². The van der Waals surface area contributed by atoms with Crippen LogP contribution in [0.15, 0.2) is 168 Å². The van der Waals surface area contributed by atoms with E-state index in [1.54, 1.807) is 0 Å². The monoisotopic (exact) mass is 690 g/mol. The molecule has 6 heteroatoms. The van der Waals surface area contributed by atoms with Crippen molar-refractivity contribution >= 4 is 88.7 Å². The molecular weight excluding hydrogens is 663 g/mol. The number of benzene rings is 8. The van der Waals surface area contributed by atoms with Gasteiger partial charge >= 0.3 is 0 Å².